The van der Waals surface area contributed by atoms with Crippen molar-refractivity contribution >= 4 is 17.6 Å². The van der Waals surface area contributed by atoms with Gasteiger partial charge in [-0.25, -0.2) is 0 Å². The van der Waals surface area contributed by atoms with E-state index < -0.39 is 0 Å². The molecule has 3 rings (SSSR count). The fourth-order valence-corrected chi connectivity index (χ4v) is 3.99. The third-order valence-corrected chi connectivity index (χ3v) is 5.81. The minimum Gasteiger partial charge on any atom is -0.497 e. The maximum atomic E-state index is 12.9. The quantitative estimate of drug-likeness (QED) is 0.611. The molecule has 0 spiro atoms. The number of carbonyl (C=O) groups excluding carboxylic acids is 2. The number of ether oxygens (including phenoxy) is 1. The van der Waals surface area contributed by atoms with E-state index in [0.29, 0.717) is 26.2 Å². The molecule has 2 amide bonds. The SMILES string of the molecule is CCCN(CC(=O)N1CCCN(c2ccc(-c3cccc(OC)c3)nn2)CC1)C(=O)C(C)C. The summed E-state index contributed by atoms with van der Waals surface area (Å²) in [5.41, 5.74) is 1.74. The van der Waals surface area contributed by atoms with Crippen LogP contribution < -0.4 is 9.64 Å². The highest BCUT2D eigenvalue weighted by atomic mass is 16.5. The van der Waals surface area contributed by atoms with Gasteiger partial charge in [0.15, 0.2) is 5.82 Å². The molecule has 8 nitrogen and oxygen atoms in total. The van der Waals surface area contributed by atoms with E-state index in [1.165, 1.54) is 0 Å². The first-order valence-corrected chi connectivity index (χ1v) is 11.7. The minimum atomic E-state index is -0.109. The molecule has 0 saturated carbocycles. The van der Waals surface area contributed by atoms with Gasteiger partial charge in [-0.1, -0.05) is 32.9 Å². The number of methoxy groups -OCH3 is 1. The molecule has 2 aromatic rings. The molecule has 1 fully saturated rings. The lowest BCUT2D eigenvalue weighted by Crippen LogP contribution is -2.45. The Morgan fingerprint density at radius 2 is 1.91 bits per heavy atom. The van der Waals surface area contributed by atoms with Gasteiger partial charge in [0.2, 0.25) is 11.8 Å². The number of aromatic nitrogens is 2. The Balaban J connectivity index is 1.61. The summed E-state index contributed by atoms with van der Waals surface area (Å²) in [6, 6.07) is 11.7. The number of benzene rings is 1. The number of anilines is 1. The molecule has 0 bridgehead atoms. The molecule has 1 aliphatic rings. The van der Waals surface area contributed by atoms with Crippen LogP contribution in [0.15, 0.2) is 36.4 Å². The largest absolute Gasteiger partial charge is 0.497 e. The molecule has 1 saturated heterocycles. The summed E-state index contributed by atoms with van der Waals surface area (Å²) in [6.07, 6.45) is 1.68. The number of carbonyl (C=O) groups is 2. The molecule has 1 aromatic carbocycles. The van der Waals surface area contributed by atoms with Crippen molar-refractivity contribution in [1.82, 2.24) is 20.0 Å². The van der Waals surface area contributed by atoms with Gasteiger partial charge in [-0.15, -0.1) is 10.2 Å². The number of hydrogen-bond donors (Lipinski definition) is 0. The smallest absolute Gasteiger partial charge is 0.242 e. The molecule has 0 radical (unpaired) electrons. The Morgan fingerprint density at radius 3 is 2.58 bits per heavy atom. The van der Waals surface area contributed by atoms with Gasteiger partial charge in [-0.3, -0.25) is 9.59 Å². The highest BCUT2D eigenvalue weighted by Crippen LogP contribution is 2.23. The molecular formula is C25H35N5O3. The zero-order valence-electron chi connectivity index (χ0n) is 20.2. The first kappa shape index (κ1) is 24.5. The monoisotopic (exact) mass is 453 g/mol. The van der Waals surface area contributed by atoms with Crippen LogP contribution >= 0.6 is 0 Å². The van der Waals surface area contributed by atoms with E-state index >= 15 is 0 Å². The highest BCUT2D eigenvalue weighted by molar-refractivity contribution is 5.85. The molecule has 1 aliphatic heterocycles. The molecule has 178 valence electrons. The Hall–Kier alpha value is -3.16. The average molecular weight is 454 g/mol. The van der Waals surface area contributed by atoms with Crippen LogP contribution in [0.5, 0.6) is 5.75 Å². The number of nitrogens with zero attached hydrogens (tertiary/aromatic N) is 5. The molecule has 8 heteroatoms. The summed E-state index contributed by atoms with van der Waals surface area (Å²) in [4.78, 5) is 31.1. The summed E-state index contributed by atoms with van der Waals surface area (Å²) in [5.74, 6) is 1.52. The predicted molar refractivity (Wildman–Crippen MR) is 129 cm³/mol. The first-order chi connectivity index (χ1) is 15.9. The molecule has 0 atom stereocenters. The van der Waals surface area contributed by atoms with Crippen LogP contribution in [-0.2, 0) is 9.59 Å². The standard InChI is InChI=1S/C25H35N5O3/c1-5-12-30(25(32)19(2)3)18-24(31)29-14-7-13-28(15-16-29)23-11-10-22(26-27-23)20-8-6-9-21(17-20)33-4/h6,8-11,17,19H,5,7,12-16,18H2,1-4H3. The van der Waals surface area contributed by atoms with Gasteiger partial charge in [-0.05, 0) is 37.1 Å². The van der Waals surface area contributed by atoms with E-state index in [4.69, 9.17) is 4.74 Å². The maximum Gasteiger partial charge on any atom is 0.242 e. The number of hydrogen-bond acceptors (Lipinski definition) is 6. The van der Waals surface area contributed by atoms with Gasteiger partial charge < -0.3 is 19.4 Å². The van der Waals surface area contributed by atoms with E-state index in [9.17, 15) is 9.59 Å². The van der Waals surface area contributed by atoms with Gasteiger partial charge in [-0.2, -0.15) is 0 Å². The van der Waals surface area contributed by atoms with E-state index in [-0.39, 0.29) is 24.3 Å². The Labute approximate surface area is 196 Å². The lowest BCUT2D eigenvalue weighted by atomic mass is 10.1. The fraction of sp³-hybridized carbons (Fsp3) is 0.520. The van der Waals surface area contributed by atoms with Crippen LogP contribution in [0.4, 0.5) is 5.82 Å². The molecule has 1 aromatic heterocycles. The zero-order chi connectivity index (χ0) is 23.8. The second kappa shape index (κ2) is 11.6. The summed E-state index contributed by atoms with van der Waals surface area (Å²) >= 11 is 0. The van der Waals surface area contributed by atoms with Crippen molar-refractivity contribution in [2.75, 3.05) is 51.3 Å². The van der Waals surface area contributed by atoms with Crippen LogP contribution in [0.3, 0.4) is 0 Å². The second-order valence-electron chi connectivity index (χ2n) is 8.64. The van der Waals surface area contributed by atoms with Crippen molar-refractivity contribution in [1.29, 1.82) is 0 Å². The van der Waals surface area contributed by atoms with Gasteiger partial charge in [0.1, 0.15) is 5.75 Å². The topological polar surface area (TPSA) is 78.9 Å². The Morgan fingerprint density at radius 1 is 1.09 bits per heavy atom. The molecule has 0 aliphatic carbocycles. The minimum absolute atomic E-state index is 0.0127. The molecule has 33 heavy (non-hydrogen) atoms. The van der Waals surface area contributed by atoms with Gasteiger partial charge in [0.05, 0.1) is 19.3 Å². The number of amides is 2. The van der Waals surface area contributed by atoms with E-state index in [2.05, 4.69) is 15.1 Å². The molecular weight excluding hydrogens is 418 g/mol. The van der Waals surface area contributed by atoms with E-state index in [1.807, 2.05) is 62.1 Å². The highest BCUT2D eigenvalue weighted by Gasteiger charge is 2.24. The van der Waals surface area contributed by atoms with Crippen LogP contribution in [0.2, 0.25) is 0 Å². The van der Waals surface area contributed by atoms with Crippen molar-refractivity contribution in [3.63, 3.8) is 0 Å². The van der Waals surface area contributed by atoms with Gasteiger partial charge >= 0.3 is 0 Å². The third-order valence-electron chi connectivity index (χ3n) is 5.81. The van der Waals surface area contributed by atoms with Gasteiger partial charge in [0.25, 0.3) is 0 Å². The van der Waals surface area contributed by atoms with Crippen LogP contribution in [-0.4, -0.2) is 78.2 Å². The van der Waals surface area contributed by atoms with Gasteiger partial charge in [0, 0.05) is 44.2 Å². The normalized spacial score (nSPS) is 14.2. The molecule has 2 heterocycles. The first-order valence-electron chi connectivity index (χ1n) is 11.7. The second-order valence-corrected chi connectivity index (χ2v) is 8.64. The Kier molecular flexibility index (Phi) is 8.63. The maximum absolute atomic E-state index is 12.9. The van der Waals surface area contributed by atoms with Crippen molar-refractivity contribution in [2.45, 2.75) is 33.6 Å². The number of rotatable bonds is 8. The van der Waals surface area contributed by atoms with Crippen molar-refractivity contribution in [2.24, 2.45) is 5.92 Å². The van der Waals surface area contributed by atoms with Crippen molar-refractivity contribution in [3.05, 3.63) is 36.4 Å². The summed E-state index contributed by atoms with van der Waals surface area (Å²) < 4.78 is 5.29. The summed E-state index contributed by atoms with van der Waals surface area (Å²) in [5, 5.41) is 8.85. The third kappa shape index (κ3) is 6.43. The lowest BCUT2D eigenvalue weighted by molar-refractivity contribution is -0.142. The van der Waals surface area contributed by atoms with Crippen LogP contribution in [0.25, 0.3) is 11.3 Å². The Bertz CT molecular complexity index is 932. The molecule has 0 N–H and O–H groups in total. The summed E-state index contributed by atoms with van der Waals surface area (Å²) in [7, 11) is 1.64. The predicted octanol–water partition coefficient (Wildman–Crippen LogP) is 3.09. The lowest BCUT2D eigenvalue weighted by Gasteiger charge is -2.28. The van der Waals surface area contributed by atoms with Crippen molar-refractivity contribution < 1.29 is 14.3 Å². The van der Waals surface area contributed by atoms with Crippen LogP contribution in [0, 0.1) is 5.92 Å². The van der Waals surface area contributed by atoms with E-state index in [1.54, 1.807) is 12.0 Å². The summed E-state index contributed by atoms with van der Waals surface area (Å²) in [6.45, 7) is 9.31. The fourth-order valence-electron chi connectivity index (χ4n) is 3.99. The van der Waals surface area contributed by atoms with Crippen LogP contribution in [0.1, 0.15) is 33.6 Å². The molecule has 0 unspecified atom stereocenters. The average Bonchev–Trinajstić information content (AvgIpc) is 3.10. The zero-order valence-corrected chi connectivity index (χ0v) is 20.2. The van der Waals surface area contributed by atoms with E-state index in [0.717, 1.165) is 42.2 Å². The van der Waals surface area contributed by atoms with Crippen molar-refractivity contribution in [3.8, 4) is 17.0 Å².